The predicted octanol–water partition coefficient (Wildman–Crippen LogP) is 5.21. The van der Waals surface area contributed by atoms with Crippen molar-refractivity contribution in [2.24, 2.45) is 0 Å². The number of benzene rings is 2. The Bertz CT molecular complexity index is 1070. The largest absolute Gasteiger partial charge is 0.493 e. The lowest BCUT2D eigenvalue weighted by Gasteiger charge is -2.11. The fraction of sp³-hybridized carbons (Fsp3) is 0.200. The number of anilines is 1. The maximum atomic E-state index is 12.9. The molecule has 2 aromatic carbocycles. The standard InChI is InChI=1S/C20H16ClF3N2O4/c1-28-16-6-3-11(7-18(16)29-2)17-9-13(26-30-17)10-19(27)25-15-8-12(20(22,23)24)4-5-14(15)21/h3-9H,10H2,1-2H3,(H,25,27). The van der Waals surface area contributed by atoms with E-state index in [1.165, 1.54) is 14.2 Å². The van der Waals surface area contributed by atoms with Gasteiger partial charge in [-0.25, -0.2) is 0 Å². The highest BCUT2D eigenvalue weighted by Gasteiger charge is 2.31. The molecule has 0 aliphatic carbocycles. The average molecular weight is 441 g/mol. The lowest BCUT2D eigenvalue weighted by molar-refractivity contribution is -0.137. The highest BCUT2D eigenvalue weighted by molar-refractivity contribution is 6.33. The molecule has 0 spiro atoms. The lowest BCUT2D eigenvalue weighted by Crippen LogP contribution is -2.15. The van der Waals surface area contributed by atoms with E-state index < -0.39 is 17.6 Å². The van der Waals surface area contributed by atoms with Crippen molar-refractivity contribution in [1.29, 1.82) is 0 Å². The monoisotopic (exact) mass is 440 g/mol. The van der Waals surface area contributed by atoms with Gasteiger partial charge in [-0.15, -0.1) is 0 Å². The summed E-state index contributed by atoms with van der Waals surface area (Å²) in [5.41, 5.74) is -0.118. The molecular weight excluding hydrogens is 425 g/mol. The summed E-state index contributed by atoms with van der Waals surface area (Å²) in [6, 6.07) is 9.35. The molecule has 0 saturated heterocycles. The van der Waals surface area contributed by atoms with Crippen LogP contribution in [0.15, 0.2) is 47.0 Å². The van der Waals surface area contributed by atoms with Gasteiger partial charge in [0, 0.05) is 11.6 Å². The Morgan fingerprint density at radius 1 is 1.10 bits per heavy atom. The number of nitrogens with one attached hydrogen (secondary N) is 1. The van der Waals surface area contributed by atoms with Crippen molar-refractivity contribution in [3.05, 3.63) is 58.7 Å². The second-order valence-corrected chi connectivity index (χ2v) is 6.58. The predicted molar refractivity (Wildman–Crippen MR) is 104 cm³/mol. The third-order valence-corrected chi connectivity index (χ3v) is 4.47. The number of alkyl halides is 3. The van der Waals surface area contributed by atoms with Gasteiger partial charge in [0.05, 0.1) is 42.6 Å². The Balaban J connectivity index is 1.73. The summed E-state index contributed by atoms with van der Waals surface area (Å²) in [7, 11) is 3.01. The van der Waals surface area contributed by atoms with Crippen LogP contribution in [0, 0.1) is 0 Å². The molecule has 0 radical (unpaired) electrons. The first kappa shape index (κ1) is 21.5. The van der Waals surface area contributed by atoms with Crippen LogP contribution in [-0.2, 0) is 17.4 Å². The second kappa shape index (κ2) is 8.66. The van der Waals surface area contributed by atoms with Crippen LogP contribution in [0.4, 0.5) is 18.9 Å². The molecule has 3 aromatic rings. The summed E-state index contributed by atoms with van der Waals surface area (Å²) in [4.78, 5) is 12.3. The molecule has 0 fully saturated rings. The van der Waals surface area contributed by atoms with Crippen LogP contribution < -0.4 is 14.8 Å². The second-order valence-electron chi connectivity index (χ2n) is 6.17. The Morgan fingerprint density at radius 3 is 2.50 bits per heavy atom. The van der Waals surface area contributed by atoms with Gasteiger partial charge in [-0.05, 0) is 36.4 Å². The van der Waals surface area contributed by atoms with Gasteiger partial charge in [0.15, 0.2) is 17.3 Å². The number of halogens is 4. The van der Waals surface area contributed by atoms with Crippen LogP contribution in [0.25, 0.3) is 11.3 Å². The highest BCUT2D eigenvalue weighted by Crippen LogP contribution is 2.34. The molecule has 1 aromatic heterocycles. The molecule has 158 valence electrons. The van der Waals surface area contributed by atoms with Crippen LogP contribution in [0.1, 0.15) is 11.3 Å². The maximum Gasteiger partial charge on any atom is 0.416 e. The molecule has 0 unspecified atom stereocenters. The molecule has 1 N–H and O–H groups in total. The number of hydrogen-bond donors (Lipinski definition) is 1. The molecule has 0 aliphatic heterocycles. The minimum Gasteiger partial charge on any atom is -0.493 e. The summed E-state index contributed by atoms with van der Waals surface area (Å²) in [6.07, 6.45) is -4.77. The van der Waals surface area contributed by atoms with Gasteiger partial charge in [0.1, 0.15) is 0 Å². The average Bonchev–Trinajstić information content (AvgIpc) is 3.16. The summed E-state index contributed by atoms with van der Waals surface area (Å²) in [5, 5.41) is 6.18. The number of ether oxygens (including phenoxy) is 2. The molecule has 10 heteroatoms. The van der Waals surface area contributed by atoms with E-state index in [1.54, 1.807) is 24.3 Å². The van der Waals surface area contributed by atoms with Crippen LogP contribution in [0.5, 0.6) is 11.5 Å². The van der Waals surface area contributed by atoms with Crippen LogP contribution in [0.2, 0.25) is 5.02 Å². The molecule has 6 nitrogen and oxygen atoms in total. The third kappa shape index (κ3) is 4.85. The maximum absolute atomic E-state index is 12.9. The lowest BCUT2D eigenvalue weighted by atomic mass is 10.1. The fourth-order valence-electron chi connectivity index (χ4n) is 2.68. The van der Waals surface area contributed by atoms with Gasteiger partial charge in [-0.1, -0.05) is 16.8 Å². The smallest absolute Gasteiger partial charge is 0.416 e. The van der Waals surface area contributed by atoms with Gasteiger partial charge in [-0.3, -0.25) is 4.79 Å². The van der Waals surface area contributed by atoms with Crippen molar-refractivity contribution in [2.75, 3.05) is 19.5 Å². The van der Waals surface area contributed by atoms with Crippen molar-refractivity contribution < 1.29 is 32.0 Å². The quantitative estimate of drug-likeness (QED) is 0.569. The first-order valence-electron chi connectivity index (χ1n) is 8.56. The van der Waals surface area contributed by atoms with E-state index in [1.807, 2.05) is 0 Å². The van der Waals surface area contributed by atoms with Crippen molar-refractivity contribution in [3.63, 3.8) is 0 Å². The molecule has 1 heterocycles. The van der Waals surface area contributed by atoms with E-state index in [4.69, 9.17) is 25.6 Å². The Labute approximate surface area is 174 Å². The first-order chi connectivity index (χ1) is 14.2. The summed E-state index contributed by atoms with van der Waals surface area (Å²) >= 11 is 5.89. The van der Waals surface area contributed by atoms with Crippen molar-refractivity contribution in [1.82, 2.24) is 5.16 Å². The summed E-state index contributed by atoms with van der Waals surface area (Å²) in [6.45, 7) is 0. The topological polar surface area (TPSA) is 73.6 Å². The molecular formula is C20H16ClF3N2O4. The SMILES string of the molecule is COc1ccc(-c2cc(CC(=O)Nc3cc(C(F)(F)F)ccc3Cl)no2)cc1OC. The van der Waals surface area contributed by atoms with E-state index in [0.717, 1.165) is 18.2 Å². The zero-order valence-corrected chi connectivity index (χ0v) is 16.6. The van der Waals surface area contributed by atoms with Gasteiger partial charge < -0.3 is 19.3 Å². The van der Waals surface area contributed by atoms with Crippen LogP contribution in [-0.4, -0.2) is 25.3 Å². The molecule has 0 atom stereocenters. The van der Waals surface area contributed by atoms with Crippen molar-refractivity contribution >= 4 is 23.2 Å². The number of nitrogens with zero attached hydrogens (tertiary/aromatic N) is 1. The molecule has 1 amide bonds. The zero-order chi connectivity index (χ0) is 21.9. The van der Waals surface area contributed by atoms with E-state index in [2.05, 4.69) is 10.5 Å². The Hall–Kier alpha value is -3.20. The van der Waals surface area contributed by atoms with Crippen LogP contribution in [0.3, 0.4) is 0 Å². The molecule has 0 aliphatic rings. The molecule has 3 rings (SSSR count). The molecule has 0 saturated carbocycles. The number of carbonyl (C=O) groups excluding carboxylic acids is 1. The van der Waals surface area contributed by atoms with Gasteiger partial charge in [0.2, 0.25) is 5.91 Å². The first-order valence-corrected chi connectivity index (χ1v) is 8.93. The number of aromatic nitrogens is 1. The Kier molecular flexibility index (Phi) is 6.21. The van der Waals surface area contributed by atoms with Crippen molar-refractivity contribution in [3.8, 4) is 22.8 Å². The summed E-state index contributed by atoms with van der Waals surface area (Å²) < 4.78 is 54.2. The van der Waals surface area contributed by atoms with E-state index in [0.29, 0.717) is 28.5 Å². The number of amides is 1. The van der Waals surface area contributed by atoms with Gasteiger partial charge in [0.25, 0.3) is 0 Å². The van der Waals surface area contributed by atoms with Gasteiger partial charge in [-0.2, -0.15) is 13.2 Å². The molecule has 0 bridgehead atoms. The Morgan fingerprint density at radius 2 is 1.83 bits per heavy atom. The minimum atomic E-state index is -4.55. The highest BCUT2D eigenvalue weighted by atomic mass is 35.5. The number of carbonyl (C=O) groups is 1. The van der Waals surface area contributed by atoms with E-state index >= 15 is 0 Å². The number of methoxy groups -OCH3 is 2. The van der Waals surface area contributed by atoms with Crippen LogP contribution >= 0.6 is 11.6 Å². The van der Waals surface area contributed by atoms with E-state index in [9.17, 15) is 18.0 Å². The number of hydrogen-bond acceptors (Lipinski definition) is 5. The zero-order valence-electron chi connectivity index (χ0n) is 15.8. The fourth-order valence-corrected chi connectivity index (χ4v) is 2.84. The summed E-state index contributed by atoms with van der Waals surface area (Å²) in [5.74, 6) is 0.822. The number of rotatable bonds is 6. The van der Waals surface area contributed by atoms with Gasteiger partial charge >= 0.3 is 6.18 Å². The minimum absolute atomic E-state index is 0.0116. The normalized spacial score (nSPS) is 11.3. The third-order valence-electron chi connectivity index (χ3n) is 4.14. The van der Waals surface area contributed by atoms with Crippen molar-refractivity contribution in [2.45, 2.75) is 12.6 Å². The molecule has 30 heavy (non-hydrogen) atoms. The van der Waals surface area contributed by atoms with E-state index in [-0.39, 0.29) is 17.1 Å².